The van der Waals surface area contributed by atoms with Crippen LogP contribution in [-0.4, -0.2) is 26.2 Å². The average molecular weight is 148 g/mol. The maximum absolute atomic E-state index is 8.43. The standard InChI is InChI=1S/C8H9BO2/c9-7-1-3-8(4-2-7)11-6-5-10/h1-4,10H,5-6H2. The summed E-state index contributed by atoms with van der Waals surface area (Å²) in [6.07, 6.45) is 0. The molecule has 0 unspecified atom stereocenters. The third-order valence-electron chi connectivity index (χ3n) is 1.24. The molecule has 0 aliphatic heterocycles. The molecule has 0 aliphatic rings. The molecule has 0 heterocycles. The number of benzene rings is 1. The Kier molecular flexibility index (Phi) is 2.99. The Bertz CT molecular complexity index is 208. The van der Waals surface area contributed by atoms with Gasteiger partial charge in [-0.05, 0) is 12.1 Å². The highest BCUT2D eigenvalue weighted by Gasteiger charge is 1.89. The summed E-state index contributed by atoms with van der Waals surface area (Å²) in [7, 11) is 5.45. The molecule has 0 saturated heterocycles. The second kappa shape index (κ2) is 4.03. The quantitative estimate of drug-likeness (QED) is 0.604. The normalized spacial score (nSPS) is 9.55. The summed E-state index contributed by atoms with van der Waals surface area (Å²) in [4.78, 5) is 0. The van der Waals surface area contributed by atoms with Crippen LogP contribution in [0.4, 0.5) is 0 Å². The molecule has 1 aromatic carbocycles. The van der Waals surface area contributed by atoms with E-state index in [1.54, 1.807) is 24.3 Å². The Hall–Kier alpha value is -0.955. The lowest BCUT2D eigenvalue weighted by atomic mass is 9.97. The highest BCUT2D eigenvalue weighted by molar-refractivity contribution is 6.32. The Balaban J connectivity index is 2.52. The van der Waals surface area contributed by atoms with E-state index in [9.17, 15) is 0 Å². The first-order valence-electron chi connectivity index (χ1n) is 3.42. The average Bonchev–Trinajstić information content (AvgIpc) is 2.04. The molecule has 0 amide bonds. The summed E-state index contributed by atoms with van der Waals surface area (Å²) < 4.78 is 5.10. The van der Waals surface area contributed by atoms with Crippen LogP contribution in [0.5, 0.6) is 5.75 Å². The second-order valence-corrected chi connectivity index (χ2v) is 2.14. The summed E-state index contributed by atoms with van der Waals surface area (Å²) in [6, 6.07) is 7.05. The molecule has 2 radical (unpaired) electrons. The third kappa shape index (κ3) is 2.64. The summed E-state index contributed by atoms with van der Waals surface area (Å²) >= 11 is 0. The first kappa shape index (κ1) is 8.14. The van der Waals surface area contributed by atoms with Gasteiger partial charge in [0, 0.05) is 0 Å². The van der Waals surface area contributed by atoms with Crippen molar-refractivity contribution in [3.8, 4) is 5.75 Å². The molecule has 0 aliphatic carbocycles. The zero-order valence-electron chi connectivity index (χ0n) is 6.16. The van der Waals surface area contributed by atoms with Crippen molar-refractivity contribution in [2.24, 2.45) is 0 Å². The topological polar surface area (TPSA) is 29.5 Å². The van der Waals surface area contributed by atoms with Crippen molar-refractivity contribution in [1.29, 1.82) is 0 Å². The summed E-state index contributed by atoms with van der Waals surface area (Å²) in [5.74, 6) is 0.730. The van der Waals surface area contributed by atoms with Crippen molar-refractivity contribution in [1.82, 2.24) is 0 Å². The smallest absolute Gasteiger partial charge is 0.119 e. The lowest BCUT2D eigenvalue weighted by Crippen LogP contribution is -2.04. The summed E-state index contributed by atoms with van der Waals surface area (Å²) in [6.45, 7) is 0.355. The monoisotopic (exact) mass is 148 g/mol. The van der Waals surface area contributed by atoms with Gasteiger partial charge in [-0.15, -0.1) is 0 Å². The molecule has 1 rings (SSSR count). The van der Waals surface area contributed by atoms with E-state index in [1.165, 1.54) is 0 Å². The lowest BCUT2D eigenvalue weighted by Gasteiger charge is -2.03. The van der Waals surface area contributed by atoms with Crippen molar-refractivity contribution >= 4 is 13.3 Å². The van der Waals surface area contributed by atoms with Crippen molar-refractivity contribution in [3.05, 3.63) is 24.3 Å². The van der Waals surface area contributed by atoms with Crippen molar-refractivity contribution in [3.63, 3.8) is 0 Å². The second-order valence-electron chi connectivity index (χ2n) is 2.14. The van der Waals surface area contributed by atoms with Crippen LogP contribution in [0, 0.1) is 0 Å². The molecule has 0 atom stereocenters. The predicted molar refractivity (Wildman–Crippen MR) is 44.4 cm³/mol. The van der Waals surface area contributed by atoms with Gasteiger partial charge in [-0.2, -0.15) is 0 Å². The van der Waals surface area contributed by atoms with Crippen molar-refractivity contribution in [2.45, 2.75) is 0 Å². The van der Waals surface area contributed by atoms with E-state index in [0.29, 0.717) is 12.1 Å². The van der Waals surface area contributed by atoms with Crippen LogP contribution < -0.4 is 10.2 Å². The molecular formula is C8H9BO2. The van der Waals surface area contributed by atoms with Crippen LogP contribution in [0.25, 0.3) is 0 Å². The highest BCUT2D eigenvalue weighted by atomic mass is 16.5. The van der Waals surface area contributed by atoms with Crippen LogP contribution >= 0.6 is 0 Å². The fourth-order valence-electron chi connectivity index (χ4n) is 0.728. The number of hydrogen-bond donors (Lipinski definition) is 1. The van der Waals surface area contributed by atoms with Crippen molar-refractivity contribution < 1.29 is 9.84 Å². The van der Waals surface area contributed by atoms with Gasteiger partial charge in [-0.1, -0.05) is 17.6 Å². The molecule has 11 heavy (non-hydrogen) atoms. The van der Waals surface area contributed by atoms with E-state index < -0.39 is 0 Å². The van der Waals surface area contributed by atoms with Crippen molar-refractivity contribution in [2.75, 3.05) is 13.2 Å². The molecule has 0 bridgehead atoms. The van der Waals surface area contributed by atoms with E-state index in [1.807, 2.05) is 0 Å². The number of hydrogen-bond acceptors (Lipinski definition) is 2. The SMILES string of the molecule is [B]c1ccc(OCCO)cc1. The fraction of sp³-hybridized carbons (Fsp3) is 0.250. The maximum Gasteiger partial charge on any atom is 0.119 e. The van der Waals surface area contributed by atoms with Gasteiger partial charge in [0.05, 0.1) is 6.61 Å². The van der Waals surface area contributed by atoms with Crippen LogP contribution in [0.2, 0.25) is 0 Å². The van der Waals surface area contributed by atoms with E-state index in [-0.39, 0.29) is 6.61 Å². The molecule has 56 valence electrons. The minimum absolute atomic E-state index is 0.0321. The van der Waals surface area contributed by atoms with Gasteiger partial charge < -0.3 is 9.84 Å². The molecule has 2 nitrogen and oxygen atoms in total. The molecule has 0 fully saturated rings. The largest absolute Gasteiger partial charge is 0.491 e. The van der Waals surface area contributed by atoms with Gasteiger partial charge in [0.25, 0.3) is 0 Å². The fourth-order valence-corrected chi connectivity index (χ4v) is 0.728. The minimum atomic E-state index is 0.0321. The lowest BCUT2D eigenvalue weighted by molar-refractivity contribution is 0.201. The van der Waals surface area contributed by atoms with Gasteiger partial charge in [0.2, 0.25) is 0 Å². The Morgan fingerprint density at radius 3 is 2.45 bits per heavy atom. The zero-order chi connectivity index (χ0) is 8.10. The number of rotatable bonds is 3. The summed E-state index contributed by atoms with van der Waals surface area (Å²) in [5, 5.41) is 8.43. The van der Waals surface area contributed by atoms with Gasteiger partial charge in [-0.3, -0.25) is 0 Å². The van der Waals surface area contributed by atoms with Gasteiger partial charge in [0.15, 0.2) is 0 Å². The molecular weight excluding hydrogens is 139 g/mol. The molecule has 0 aromatic heterocycles. The van der Waals surface area contributed by atoms with E-state index in [4.69, 9.17) is 17.7 Å². The van der Waals surface area contributed by atoms with E-state index in [0.717, 1.165) is 5.75 Å². The Morgan fingerprint density at radius 1 is 1.27 bits per heavy atom. The summed E-state index contributed by atoms with van der Waals surface area (Å²) in [5.41, 5.74) is 0.710. The predicted octanol–water partition coefficient (Wildman–Crippen LogP) is -0.149. The zero-order valence-corrected chi connectivity index (χ0v) is 6.16. The maximum atomic E-state index is 8.43. The Labute approximate surface area is 67.2 Å². The van der Waals surface area contributed by atoms with Crippen LogP contribution in [0.1, 0.15) is 0 Å². The van der Waals surface area contributed by atoms with Gasteiger partial charge in [-0.25, -0.2) is 0 Å². The van der Waals surface area contributed by atoms with Gasteiger partial charge >= 0.3 is 0 Å². The first-order chi connectivity index (χ1) is 5.33. The number of aliphatic hydroxyl groups excluding tert-OH is 1. The molecule has 1 N–H and O–H groups in total. The van der Waals surface area contributed by atoms with E-state index >= 15 is 0 Å². The molecule has 3 heteroatoms. The number of aliphatic hydroxyl groups is 1. The Morgan fingerprint density at radius 2 is 1.91 bits per heavy atom. The molecule has 1 aromatic rings. The third-order valence-corrected chi connectivity index (χ3v) is 1.24. The molecule has 0 saturated carbocycles. The minimum Gasteiger partial charge on any atom is -0.491 e. The van der Waals surface area contributed by atoms with Gasteiger partial charge in [0.1, 0.15) is 20.2 Å². The first-order valence-corrected chi connectivity index (χ1v) is 3.42. The number of ether oxygens (including phenoxy) is 1. The molecule has 0 spiro atoms. The van der Waals surface area contributed by atoms with Crippen LogP contribution in [0.3, 0.4) is 0 Å². The van der Waals surface area contributed by atoms with Crippen LogP contribution in [-0.2, 0) is 0 Å². The van der Waals surface area contributed by atoms with E-state index in [2.05, 4.69) is 0 Å². The van der Waals surface area contributed by atoms with Crippen LogP contribution in [0.15, 0.2) is 24.3 Å². The highest BCUT2D eigenvalue weighted by Crippen LogP contribution is 2.05.